The summed E-state index contributed by atoms with van der Waals surface area (Å²) in [5.41, 5.74) is 1.35. The molecule has 38 heavy (non-hydrogen) atoms. The number of carbonyl (C=O) groups is 3. The second-order valence-corrected chi connectivity index (χ2v) is 13.0. The van der Waals surface area contributed by atoms with Gasteiger partial charge in [-0.2, -0.15) is 4.31 Å². The molecule has 1 saturated heterocycles. The van der Waals surface area contributed by atoms with Crippen molar-refractivity contribution in [1.82, 2.24) is 19.4 Å². The molecule has 0 bridgehead atoms. The number of sulfonamides is 1. The van der Waals surface area contributed by atoms with Gasteiger partial charge in [0.2, 0.25) is 10.0 Å². The highest BCUT2D eigenvalue weighted by Crippen LogP contribution is 2.37. The van der Waals surface area contributed by atoms with Crippen LogP contribution < -0.4 is 10.6 Å². The highest BCUT2D eigenvalue weighted by Gasteiger charge is 2.33. The second kappa shape index (κ2) is 11.1. The Labute approximate surface area is 226 Å². The second-order valence-electron chi connectivity index (χ2n) is 9.91. The lowest BCUT2D eigenvalue weighted by Gasteiger charge is -2.34. The molecule has 206 valence electrons. The SMILES string of the molecule is CC1CN(S(=O)(=O)c2ccc(C(=O)Nc3sc4c(c3C(=O)NC(=O)N(C)C)CCN(C)C4)cc2)CC(C)O1. The number of benzene rings is 1. The minimum Gasteiger partial charge on any atom is -0.373 e. The number of morpholine rings is 1. The fourth-order valence-electron chi connectivity index (χ4n) is 4.56. The van der Waals surface area contributed by atoms with Crippen molar-refractivity contribution in [1.29, 1.82) is 0 Å². The molecular formula is C25H33N5O6S2. The number of likely N-dealkylation sites (N-methyl/N-ethyl adjacent to an activating group) is 1. The van der Waals surface area contributed by atoms with E-state index in [0.717, 1.165) is 17.0 Å². The summed E-state index contributed by atoms with van der Waals surface area (Å²) in [4.78, 5) is 42.8. The Balaban J connectivity index is 1.56. The third-order valence-corrected chi connectivity index (χ3v) is 9.45. The maximum atomic E-state index is 13.1. The van der Waals surface area contributed by atoms with E-state index in [2.05, 4.69) is 15.5 Å². The molecule has 13 heteroatoms. The van der Waals surface area contributed by atoms with Gasteiger partial charge in [-0.1, -0.05) is 0 Å². The Morgan fingerprint density at radius 1 is 1.05 bits per heavy atom. The quantitative estimate of drug-likeness (QED) is 0.571. The van der Waals surface area contributed by atoms with Crippen molar-refractivity contribution in [2.75, 3.05) is 46.1 Å². The van der Waals surface area contributed by atoms with Gasteiger partial charge in [-0.25, -0.2) is 13.2 Å². The first kappa shape index (κ1) is 28.2. The lowest BCUT2D eigenvalue weighted by Crippen LogP contribution is -2.48. The average Bonchev–Trinajstić information content (AvgIpc) is 3.20. The van der Waals surface area contributed by atoms with Crippen LogP contribution >= 0.6 is 11.3 Å². The molecule has 2 atom stereocenters. The standard InChI is InChI=1S/C25H33N5O6S2/c1-15-12-30(13-16(2)36-15)38(34,35)18-8-6-17(7-9-18)22(31)26-24-21(23(32)27-25(33)28(3)4)19-10-11-29(5)14-20(19)37-24/h6-9,15-16H,10-14H2,1-5H3,(H,26,31)(H,27,32,33). The molecule has 0 saturated carbocycles. The van der Waals surface area contributed by atoms with Crippen LogP contribution in [0.25, 0.3) is 0 Å². The molecule has 0 spiro atoms. The van der Waals surface area contributed by atoms with Crippen LogP contribution in [0.3, 0.4) is 0 Å². The van der Waals surface area contributed by atoms with Crippen molar-refractivity contribution in [2.24, 2.45) is 0 Å². The number of hydrogen-bond acceptors (Lipinski definition) is 8. The molecule has 0 radical (unpaired) electrons. The number of amides is 4. The minimum atomic E-state index is -3.74. The van der Waals surface area contributed by atoms with Crippen LogP contribution in [0.1, 0.15) is 45.0 Å². The predicted molar refractivity (Wildman–Crippen MR) is 144 cm³/mol. The summed E-state index contributed by atoms with van der Waals surface area (Å²) in [6.45, 7) is 5.55. The van der Waals surface area contributed by atoms with Gasteiger partial charge in [-0.3, -0.25) is 14.9 Å². The molecule has 2 aliphatic heterocycles. The maximum absolute atomic E-state index is 13.1. The van der Waals surface area contributed by atoms with Crippen LogP contribution in [-0.2, 0) is 27.7 Å². The van der Waals surface area contributed by atoms with E-state index < -0.39 is 27.9 Å². The van der Waals surface area contributed by atoms with E-state index in [1.54, 1.807) is 0 Å². The van der Waals surface area contributed by atoms with Gasteiger partial charge in [0.05, 0.1) is 22.7 Å². The lowest BCUT2D eigenvalue weighted by atomic mass is 10.0. The number of imide groups is 1. The largest absolute Gasteiger partial charge is 0.373 e. The number of urea groups is 1. The number of thiophene rings is 1. The zero-order valence-electron chi connectivity index (χ0n) is 22.1. The molecule has 2 aromatic rings. The Kier molecular flexibility index (Phi) is 8.23. The van der Waals surface area contributed by atoms with Gasteiger partial charge in [0, 0.05) is 50.7 Å². The number of nitrogens with zero attached hydrogens (tertiary/aromatic N) is 3. The molecule has 11 nitrogen and oxygen atoms in total. The van der Waals surface area contributed by atoms with E-state index in [0.29, 0.717) is 18.0 Å². The highest BCUT2D eigenvalue weighted by atomic mass is 32.2. The fraction of sp³-hybridized carbons (Fsp3) is 0.480. The van der Waals surface area contributed by atoms with E-state index in [-0.39, 0.29) is 41.3 Å². The first-order valence-electron chi connectivity index (χ1n) is 12.3. The fourth-order valence-corrected chi connectivity index (χ4v) is 7.47. The van der Waals surface area contributed by atoms with E-state index in [1.807, 2.05) is 20.9 Å². The van der Waals surface area contributed by atoms with Crippen LogP contribution in [0.5, 0.6) is 0 Å². The summed E-state index contributed by atoms with van der Waals surface area (Å²) in [6.07, 6.45) is 0.186. The number of rotatable bonds is 5. The van der Waals surface area contributed by atoms with Crippen molar-refractivity contribution < 1.29 is 27.5 Å². The predicted octanol–water partition coefficient (Wildman–Crippen LogP) is 2.20. The Morgan fingerprint density at radius 3 is 2.29 bits per heavy atom. The third kappa shape index (κ3) is 5.91. The maximum Gasteiger partial charge on any atom is 0.323 e. The number of ether oxygens (including phenoxy) is 1. The molecule has 1 fully saturated rings. The smallest absolute Gasteiger partial charge is 0.323 e. The molecular weight excluding hydrogens is 530 g/mol. The Hall–Kier alpha value is -2.84. The molecule has 4 rings (SSSR count). The lowest BCUT2D eigenvalue weighted by molar-refractivity contribution is -0.0440. The van der Waals surface area contributed by atoms with E-state index in [4.69, 9.17) is 4.74 Å². The number of carbonyl (C=O) groups excluding carboxylic acids is 3. The number of hydrogen-bond donors (Lipinski definition) is 2. The summed E-state index contributed by atoms with van der Waals surface area (Å²) in [7, 11) is 1.30. The van der Waals surface area contributed by atoms with Gasteiger partial charge in [-0.05, 0) is 57.1 Å². The van der Waals surface area contributed by atoms with Gasteiger partial charge in [0.25, 0.3) is 11.8 Å². The monoisotopic (exact) mass is 563 g/mol. The van der Waals surface area contributed by atoms with Crippen LogP contribution in [0.2, 0.25) is 0 Å². The zero-order valence-corrected chi connectivity index (χ0v) is 23.7. The number of nitrogens with one attached hydrogen (secondary N) is 2. The molecule has 0 aliphatic carbocycles. The van der Waals surface area contributed by atoms with Crippen molar-refractivity contribution >= 4 is 44.2 Å². The Bertz CT molecular complexity index is 1330. The molecule has 4 amide bonds. The first-order valence-corrected chi connectivity index (χ1v) is 14.5. The summed E-state index contributed by atoms with van der Waals surface area (Å²) >= 11 is 1.31. The summed E-state index contributed by atoms with van der Waals surface area (Å²) in [6, 6.07) is 5.17. The van der Waals surface area contributed by atoms with Crippen molar-refractivity contribution in [3.05, 3.63) is 45.8 Å². The van der Waals surface area contributed by atoms with Gasteiger partial charge < -0.3 is 19.9 Å². The van der Waals surface area contributed by atoms with Gasteiger partial charge in [-0.15, -0.1) is 11.3 Å². The van der Waals surface area contributed by atoms with Crippen LogP contribution in [0.4, 0.5) is 9.80 Å². The van der Waals surface area contributed by atoms with Gasteiger partial charge >= 0.3 is 6.03 Å². The van der Waals surface area contributed by atoms with E-state index in [1.165, 1.54) is 58.9 Å². The van der Waals surface area contributed by atoms with Crippen molar-refractivity contribution in [3.63, 3.8) is 0 Å². The molecule has 2 aliphatic rings. The van der Waals surface area contributed by atoms with Crippen LogP contribution in [0, 0.1) is 0 Å². The zero-order chi connectivity index (χ0) is 27.8. The average molecular weight is 564 g/mol. The molecule has 1 aromatic carbocycles. The topological polar surface area (TPSA) is 128 Å². The van der Waals surface area contributed by atoms with Crippen LogP contribution in [0.15, 0.2) is 29.2 Å². The Morgan fingerprint density at radius 2 is 1.68 bits per heavy atom. The summed E-state index contributed by atoms with van der Waals surface area (Å²) < 4.78 is 33.3. The third-order valence-electron chi connectivity index (χ3n) is 6.47. The van der Waals surface area contributed by atoms with Crippen molar-refractivity contribution in [2.45, 2.75) is 43.9 Å². The summed E-state index contributed by atoms with van der Waals surface area (Å²) in [5.74, 6) is -1.06. The highest BCUT2D eigenvalue weighted by molar-refractivity contribution is 7.89. The first-order chi connectivity index (χ1) is 17.9. The molecule has 3 heterocycles. The van der Waals surface area contributed by atoms with Crippen molar-refractivity contribution in [3.8, 4) is 0 Å². The summed E-state index contributed by atoms with van der Waals surface area (Å²) in [5, 5.41) is 5.54. The van der Waals surface area contributed by atoms with E-state index >= 15 is 0 Å². The van der Waals surface area contributed by atoms with Gasteiger partial charge in [0.15, 0.2) is 0 Å². The van der Waals surface area contributed by atoms with Gasteiger partial charge in [0.1, 0.15) is 5.00 Å². The normalized spacial score (nSPS) is 20.4. The molecule has 2 N–H and O–H groups in total. The molecule has 1 aromatic heterocycles. The van der Waals surface area contributed by atoms with Crippen LogP contribution in [-0.4, -0.2) is 93.4 Å². The number of fused-ring (bicyclic) bond motifs is 1. The minimum absolute atomic E-state index is 0.0900. The molecule has 2 unspecified atom stereocenters. The number of anilines is 1. The van der Waals surface area contributed by atoms with E-state index in [9.17, 15) is 22.8 Å².